The van der Waals surface area contributed by atoms with Crippen molar-refractivity contribution in [2.24, 2.45) is 0 Å². The summed E-state index contributed by atoms with van der Waals surface area (Å²) in [4.78, 5) is 14.1. The number of nitrogens with zero attached hydrogens (tertiary/aromatic N) is 1. The highest BCUT2D eigenvalue weighted by Crippen LogP contribution is 2.44. The molecule has 0 aliphatic carbocycles. The maximum atomic E-state index is 12.2. The van der Waals surface area contributed by atoms with E-state index in [1.54, 1.807) is 20.3 Å². The molecule has 1 aromatic rings. The van der Waals surface area contributed by atoms with E-state index >= 15 is 0 Å². The Bertz CT molecular complexity index is 484. The highest BCUT2D eigenvalue weighted by atomic mass is 16.5. The molecule has 2 aliphatic heterocycles. The number of ether oxygens (including phenoxy) is 2. The molecule has 4 heteroatoms. The molecule has 0 saturated carbocycles. The monoisotopic (exact) mass is 233 g/mol. The van der Waals surface area contributed by atoms with Gasteiger partial charge in [-0.05, 0) is 30.5 Å². The number of carbonyl (C=O) groups excluding carboxylic acids is 1. The van der Waals surface area contributed by atoms with Gasteiger partial charge < -0.3 is 14.4 Å². The predicted molar refractivity (Wildman–Crippen MR) is 62.6 cm³/mol. The molecule has 1 unspecified atom stereocenters. The Morgan fingerprint density at radius 2 is 1.94 bits per heavy atom. The minimum Gasteiger partial charge on any atom is -0.493 e. The minimum atomic E-state index is 0.128. The predicted octanol–water partition coefficient (Wildman–Crippen LogP) is 1.99. The van der Waals surface area contributed by atoms with Crippen LogP contribution in [-0.2, 0) is 0 Å². The summed E-state index contributed by atoms with van der Waals surface area (Å²) in [6.07, 6.45) is 2.14. The molecular formula is C13H15NO3. The molecular weight excluding hydrogens is 218 g/mol. The van der Waals surface area contributed by atoms with Gasteiger partial charge in [0.2, 0.25) is 0 Å². The van der Waals surface area contributed by atoms with Gasteiger partial charge in [0.25, 0.3) is 5.91 Å². The molecule has 0 bridgehead atoms. The minimum absolute atomic E-state index is 0.128. The van der Waals surface area contributed by atoms with Crippen LogP contribution in [0.2, 0.25) is 0 Å². The topological polar surface area (TPSA) is 38.8 Å². The Labute approximate surface area is 100 Å². The van der Waals surface area contributed by atoms with Crippen LogP contribution in [-0.4, -0.2) is 31.6 Å². The van der Waals surface area contributed by atoms with Gasteiger partial charge in [-0.25, -0.2) is 0 Å². The third kappa shape index (κ3) is 1.33. The molecule has 0 N–H and O–H groups in total. The van der Waals surface area contributed by atoms with Crippen LogP contribution in [0.4, 0.5) is 0 Å². The smallest absolute Gasteiger partial charge is 0.254 e. The summed E-state index contributed by atoms with van der Waals surface area (Å²) in [5, 5.41) is 0. The van der Waals surface area contributed by atoms with Gasteiger partial charge in [-0.2, -0.15) is 0 Å². The first-order valence-corrected chi connectivity index (χ1v) is 5.83. The number of hydrogen-bond acceptors (Lipinski definition) is 3. The van der Waals surface area contributed by atoms with E-state index in [0.29, 0.717) is 11.5 Å². The molecule has 1 fully saturated rings. The van der Waals surface area contributed by atoms with E-state index in [0.717, 1.165) is 30.5 Å². The summed E-state index contributed by atoms with van der Waals surface area (Å²) in [5.41, 5.74) is 1.86. The molecule has 4 nitrogen and oxygen atoms in total. The first-order valence-electron chi connectivity index (χ1n) is 5.83. The molecule has 1 saturated heterocycles. The van der Waals surface area contributed by atoms with Crippen LogP contribution in [0.5, 0.6) is 11.5 Å². The second kappa shape index (κ2) is 3.65. The van der Waals surface area contributed by atoms with Crippen molar-refractivity contribution in [3.8, 4) is 11.5 Å². The number of carbonyl (C=O) groups is 1. The summed E-state index contributed by atoms with van der Waals surface area (Å²) >= 11 is 0. The molecule has 1 amide bonds. The van der Waals surface area contributed by atoms with Gasteiger partial charge in [0.15, 0.2) is 11.5 Å². The molecule has 2 aliphatic rings. The summed E-state index contributed by atoms with van der Waals surface area (Å²) in [6.45, 7) is 0.864. The first kappa shape index (κ1) is 10.4. The molecule has 90 valence electrons. The molecule has 3 rings (SSSR count). The molecule has 0 spiro atoms. The Morgan fingerprint density at radius 1 is 1.24 bits per heavy atom. The van der Waals surface area contributed by atoms with Gasteiger partial charge in [-0.3, -0.25) is 4.79 Å². The van der Waals surface area contributed by atoms with Crippen molar-refractivity contribution < 1.29 is 14.3 Å². The van der Waals surface area contributed by atoms with Gasteiger partial charge in [0.05, 0.1) is 20.3 Å². The lowest BCUT2D eigenvalue weighted by Gasteiger charge is -2.15. The maximum absolute atomic E-state index is 12.2. The van der Waals surface area contributed by atoms with Crippen LogP contribution in [0.15, 0.2) is 12.1 Å². The maximum Gasteiger partial charge on any atom is 0.254 e. The van der Waals surface area contributed by atoms with Crippen molar-refractivity contribution in [2.75, 3.05) is 20.8 Å². The second-order valence-corrected chi connectivity index (χ2v) is 4.45. The third-order valence-electron chi connectivity index (χ3n) is 3.66. The fourth-order valence-corrected chi connectivity index (χ4v) is 2.84. The zero-order chi connectivity index (χ0) is 12.0. The van der Waals surface area contributed by atoms with Gasteiger partial charge in [-0.1, -0.05) is 0 Å². The quantitative estimate of drug-likeness (QED) is 0.784. The number of amides is 1. The number of fused-ring (bicyclic) bond motifs is 3. The zero-order valence-electron chi connectivity index (χ0n) is 10.0. The average Bonchev–Trinajstić information content (AvgIpc) is 2.92. The van der Waals surface area contributed by atoms with Crippen molar-refractivity contribution >= 4 is 5.91 Å². The first-order chi connectivity index (χ1) is 8.26. The van der Waals surface area contributed by atoms with E-state index in [1.807, 2.05) is 11.0 Å². The van der Waals surface area contributed by atoms with Gasteiger partial charge in [0, 0.05) is 12.1 Å². The Kier molecular flexibility index (Phi) is 2.24. The number of rotatable bonds is 2. The Morgan fingerprint density at radius 3 is 2.65 bits per heavy atom. The Balaban J connectivity index is 2.14. The van der Waals surface area contributed by atoms with Crippen molar-refractivity contribution in [1.29, 1.82) is 0 Å². The van der Waals surface area contributed by atoms with Crippen LogP contribution >= 0.6 is 0 Å². The van der Waals surface area contributed by atoms with Crippen LogP contribution in [0, 0.1) is 0 Å². The molecule has 0 radical (unpaired) electrons. The summed E-state index contributed by atoms with van der Waals surface area (Å²) in [7, 11) is 3.21. The standard InChI is InChI=1S/C13H15NO3/c1-16-11-6-8-9(7-12(11)17-2)13(15)14-5-3-4-10(8)14/h6-7,10H,3-5H2,1-2H3. The van der Waals surface area contributed by atoms with E-state index in [1.165, 1.54) is 0 Å². The normalized spacial score (nSPS) is 21.4. The van der Waals surface area contributed by atoms with Gasteiger partial charge in [-0.15, -0.1) is 0 Å². The lowest BCUT2D eigenvalue weighted by atomic mass is 10.0. The zero-order valence-corrected chi connectivity index (χ0v) is 10.0. The van der Waals surface area contributed by atoms with Crippen LogP contribution < -0.4 is 9.47 Å². The van der Waals surface area contributed by atoms with Crippen molar-refractivity contribution in [2.45, 2.75) is 18.9 Å². The fraction of sp³-hybridized carbons (Fsp3) is 0.462. The summed E-state index contributed by atoms with van der Waals surface area (Å²) in [5.74, 6) is 1.46. The SMILES string of the molecule is COc1cc2c(cc1OC)C1CCCN1C2=O. The van der Waals surface area contributed by atoms with Crippen molar-refractivity contribution in [3.05, 3.63) is 23.3 Å². The van der Waals surface area contributed by atoms with E-state index in [4.69, 9.17) is 9.47 Å². The third-order valence-corrected chi connectivity index (χ3v) is 3.66. The van der Waals surface area contributed by atoms with Crippen LogP contribution in [0.3, 0.4) is 0 Å². The second-order valence-electron chi connectivity index (χ2n) is 4.45. The average molecular weight is 233 g/mol. The lowest BCUT2D eigenvalue weighted by molar-refractivity contribution is 0.0776. The highest BCUT2D eigenvalue weighted by molar-refractivity contribution is 6.00. The van der Waals surface area contributed by atoms with Crippen LogP contribution in [0.1, 0.15) is 34.8 Å². The molecule has 0 aromatic heterocycles. The van der Waals surface area contributed by atoms with E-state index in [9.17, 15) is 4.79 Å². The van der Waals surface area contributed by atoms with Crippen molar-refractivity contribution in [1.82, 2.24) is 4.90 Å². The molecule has 17 heavy (non-hydrogen) atoms. The highest BCUT2D eigenvalue weighted by Gasteiger charge is 2.40. The van der Waals surface area contributed by atoms with E-state index < -0.39 is 0 Å². The number of methoxy groups -OCH3 is 2. The number of benzene rings is 1. The van der Waals surface area contributed by atoms with Crippen molar-refractivity contribution in [3.63, 3.8) is 0 Å². The largest absolute Gasteiger partial charge is 0.493 e. The Hall–Kier alpha value is -1.71. The molecule has 1 aromatic carbocycles. The van der Waals surface area contributed by atoms with Gasteiger partial charge >= 0.3 is 0 Å². The fourth-order valence-electron chi connectivity index (χ4n) is 2.84. The summed E-state index contributed by atoms with van der Waals surface area (Å²) < 4.78 is 10.5. The summed E-state index contributed by atoms with van der Waals surface area (Å²) in [6, 6.07) is 3.99. The number of hydrogen-bond donors (Lipinski definition) is 0. The molecule has 2 heterocycles. The van der Waals surface area contributed by atoms with Gasteiger partial charge in [0.1, 0.15) is 0 Å². The van der Waals surface area contributed by atoms with E-state index in [2.05, 4.69) is 0 Å². The molecule has 1 atom stereocenters. The van der Waals surface area contributed by atoms with E-state index in [-0.39, 0.29) is 11.9 Å². The van der Waals surface area contributed by atoms with Crippen LogP contribution in [0.25, 0.3) is 0 Å². The lowest BCUT2D eigenvalue weighted by Crippen LogP contribution is -2.22.